The van der Waals surface area contributed by atoms with Crippen molar-refractivity contribution in [3.8, 4) is 0 Å². The average molecular weight is 350 g/mol. The van der Waals surface area contributed by atoms with Crippen molar-refractivity contribution in [2.45, 2.75) is 37.6 Å². The van der Waals surface area contributed by atoms with Crippen LogP contribution in [0.25, 0.3) is 0 Å². The van der Waals surface area contributed by atoms with E-state index in [1.165, 1.54) is 23.4 Å². The number of nitrogens with zero attached hydrogens (tertiary/aromatic N) is 3. The Hall–Kier alpha value is -2.26. The monoisotopic (exact) mass is 350 g/mol. The molecule has 8 nitrogen and oxygen atoms in total. The lowest BCUT2D eigenvalue weighted by Gasteiger charge is -2.21. The van der Waals surface area contributed by atoms with Gasteiger partial charge in [0, 0.05) is 19.2 Å². The number of aromatic nitrogens is 2. The first-order chi connectivity index (χ1) is 11.4. The molecule has 1 unspecified atom stereocenters. The van der Waals surface area contributed by atoms with Gasteiger partial charge in [-0.3, -0.25) is 4.79 Å². The fourth-order valence-electron chi connectivity index (χ4n) is 2.77. The molecule has 1 aromatic carbocycles. The van der Waals surface area contributed by atoms with E-state index in [4.69, 9.17) is 4.52 Å². The zero-order valence-corrected chi connectivity index (χ0v) is 14.2. The second kappa shape index (κ2) is 6.33. The predicted molar refractivity (Wildman–Crippen MR) is 85.6 cm³/mol. The van der Waals surface area contributed by atoms with Gasteiger partial charge < -0.3 is 9.84 Å². The third-order valence-corrected chi connectivity index (χ3v) is 5.74. The summed E-state index contributed by atoms with van der Waals surface area (Å²) >= 11 is 0. The summed E-state index contributed by atoms with van der Waals surface area (Å²) in [5.41, 5.74) is 0.548. The van der Waals surface area contributed by atoms with Crippen LogP contribution in [0.3, 0.4) is 0 Å². The Bertz CT molecular complexity index is 845. The lowest BCUT2D eigenvalue weighted by Crippen LogP contribution is -2.30. The molecule has 1 saturated heterocycles. The second-order valence-electron chi connectivity index (χ2n) is 5.66. The molecule has 0 radical (unpaired) electrons. The van der Waals surface area contributed by atoms with Gasteiger partial charge in [0.25, 0.3) is 0 Å². The van der Waals surface area contributed by atoms with Gasteiger partial charge in [0.2, 0.25) is 21.8 Å². The number of amides is 1. The number of carbonyl (C=O) groups is 1. The highest BCUT2D eigenvalue weighted by Gasteiger charge is 2.39. The van der Waals surface area contributed by atoms with Crippen LogP contribution in [0.4, 0.5) is 5.69 Å². The Morgan fingerprint density at radius 1 is 1.33 bits per heavy atom. The molecular weight excluding hydrogens is 332 g/mol. The molecule has 24 heavy (non-hydrogen) atoms. The third-order valence-electron chi connectivity index (χ3n) is 3.81. The smallest absolute Gasteiger partial charge is 0.245 e. The SMILES string of the molecule is CC(=O)Nc1ccc(S(=O)(=O)N2CCCC2c2nc(C)no2)cc1. The number of rotatable bonds is 4. The molecule has 0 saturated carbocycles. The Kier molecular flexibility index (Phi) is 4.37. The lowest BCUT2D eigenvalue weighted by molar-refractivity contribution is -0.114. The van der Waals surface area contributed by atoms with E-state index in [2.05, 4.69) is 15.5 Å². The van der Waals surface area contributed by atoms with Crippen LogP contribution in [0.1, 0.15) is 37.5 Å². The molecule has 128 valence electrons. The minimum atomic E-state index is -3.68. The summed E-state index contributed by atoms with van der Waals surface area (Å²) < 4.78 is 32.4. The van der Waals surface area contributed by atoms with Crippen LogP contribution >= 0.6 is 0 Å². The first-order valence-corrected chi connectivity index (χ1v) is 9.01. The number of hydrogen-bond acceptors (Lipinski definition) is 6. The van der Waals surface area contributed by atoms with Crippen molar-refractivity contribution in [2.24, 2.45) is 0 Å². The molecule has 1 amide bonds. The lowest BCUT2D eigenvalue weighted by atomic mass is 10.2. The van der Waals surface area contributed by atoms with Crippen molar-refractivity contribution in [1.29, 1.82) is 0 Å². The number of aryl methyl sites for hydroxylation is 1. The summed E-state index contributed by atoms with van der Waals surface area (Å²) in [6.07, 6.45) is 1.38. The molecule has 2 aromatic rings. The zero-order chi connectivity index (χ0) is 17.3. The second-order valence-corrected chi connectivity index (χ2v) is 7.55. The molecule has 1 fully saturated rings. The number of carbonyl (C=O) groups excluding carboxylic acids is 1. The van der Waals surface area contributed by atoms with Crippen molar-refractivity contribution in [1.82, 2.24) is 14.4 Å². The Labute approximate surface area is 139 Å². The van der Waals surface area contributed by atoms with Gasteiger partial charge in [0.1, 0.15) is 6.04 Å². The molecule has 3 rings (SSSR count). The van der Waals surface area contributed by atoms with E-state index in [1.54, 1.807) is 19.1 Å². The van der Waals surface area contributed by atoms with Crippen LogP contribution < -0.4 is 5.32 Å². The Morgan fingerprint density at radius 2 is 2.04 bits per heavy atom. The zero-order valence-electron chi connectivity index (χ0n) is 13.4. The molecule has 1 aliphatic rings. The molecule has 2 heterocycles. The van der Waals surface area contributed by atoms with Gasteiger partial charge in [0.15, 0.2) is 5.82 Å². The fourth-order valence-corrected chi connectivity index (χ4v) is 4.42. The normalized spacial score (nSPS) is 18.7. The van der Waals surface area contributed by atoms with E-state index in [9.17, 15) is 13.2 Å². The van der Waals surface area contributed by atoms with Crippen molar-refractivity contribution < 1.29 is 17.7 Å². The van der Waals surface area contributed by atoms with E-state index in [1.807, 2.05) is 0 Å². The van der Waals surface area contributed by atoms with Gasteiger partial charge >= 0.3 is 0 Å². The van der Waals surface area contributed by atoms with Crippen LogP contribution in [0.15, 0.2) is 33.7 Å². The van der Waals surface area contributed by atoms with E-state index < -0.39 is 16.1 Å². The summed E-state index contributed by atoms with van der Waals surface area (Å²) in [5, 5.41) is 6.35. The summed E-state index contributed by atoms with van der Waals surface area (Å²) in [6, 6.07) is 5.66. The predicted octanol–water partition coefficient (Wildman–Crippen LogP) is 1.86. The van der Waals surface area contributed by atoms with Crippen molar-refractivity contribution in [3.05, 3.63) is 36.0 Å². The summed E-state index contributed by atoms with van der Waals surface area (Å²) in [7, 11) is -3.68. The summed E-state index contributed by atoms with van der Waals surface area (Å²) in [6.45, 7) is 3.50. The number of benzene rings is 1. The van der Waals surface area contributed by atoms with Gasteiger partial charge in [-0.1, -0.05) is 5.16 Å². The number of nitrogens with one attached hydrogen (secondary N) is 1. The molecule has 1 N–H and O–H groups in total. The highest BCUT2D eigenvalue weighted by molar-refractivity contribution is 7.89. The third kappa shape index (κ3) is 3.17. The molecule has 1 aliphatic heterocycles. The maximum Gasteiger partial charge on any atom is 0.245 e. The highest BCUT2D eigenvalue weighted by Crippen LogP contribution is 2.35. The van der Waals surface area contributed by atoms with Gasteiger partial charge in [-0.2, -0.15) is 9.29 Å². The van der Waals surface area contributed by atoms with Crippen LogP contribution in [0.5, 0.6) is 0 Å². The topological polar surface area (TPSA) is 105 Å². The van der Waals surface area contributed by atoms with Gasteiger partial charge in [0.05, 0.1) is 4.90 Å². The quantitative estimate of drug-likeness (QED) is 0.902. The van der Waals surface area contributed by atoms with Crippen LogP contribution in [-0.2, 0) is 14.8 Å². The first kappa shape index (κ1) is 16.6. The van der Waals surface area contributed by atoms with E-state index in [0.29, 0.717) is 30.4 Å². The largest absolute Gasteiger partial charge is 0.338 e. The standard InChI is InChI=1S/C15H18N4O4S/c1-10-16-15(23-18-10)14-4-3-9-19(14)24(21,22)13-7-5-12(6-8-13)17-11(2)20/h5-8,14H,3-4,9H2,1-2H3,(H,17,20). The molecule has 1 aromatic heterocycles. The number of sulfonamides is 1. The minimum Gasteiger partial charge on any atom is -0.338 e. The molecule has 0 bridgehead atoms. The minimum absolute atomic E-state index is 0.166. The molecule has 0 aliphatic carbocycles. The van der Waals surface area contributed by atoms with E-state index in [0.717, 1.165) is 6.42 Å². The van der Waals surface area contributed by atoms with Gasteiger partial charge in [-0.25, -0.2) is 8.42 Å². The maximum absolute atomic E-state index is 12.9. The van der Waals surface area contributed by atoms with Gasteiger partial charge in [-0.15, -0.1) is 0 Å². The number of hydrogen-bond donors (Lipinski definition) is 1. The van der Waals surface area contributed by atoms with Crippen LogP contribution in [0, 0.1) is 6.92 Å². The van der Waals surface area contributed by atoms with Crippen molar-refractivity contribution >= 4 is 21.6 Å². The van der Waals surface area contributed by atoms with Crippen molar-refractivity contribution in [3.63, 3.8) is 0 Å². The Balaban J connectivity index is 1.87. The summed E-state index contributed by atoms with van der Waals surface area (Å²) in [5.74, 6) is 0.592. The molecular formula is C15H18N4O4S. The van der Waals surface area contributed by atoms with E-state index in [-0.39, 0.29) is 10.8 Å². The first-order valence-electron chi connectivity index (χ1n) is 7.57. The fraction of sp³-hybridized carbons (Fsp3) is 0.400. The maximum atomic E-state index is 12.9. The summed E-state index contributed by atoms with van der Waals surface area (Å²) in [4.78, 5) is 15.4. The Morgan fingerprint density at radius 3 is 2.62 bits per heavy atom. The average Bonchev–Trinajstić information content (AvgIpc) is 3.15. The van der Waals surface area contributed by atoms with Crippen LogP contribution in [0.2, 0.25) is 0 Å². The molecule has 0 spiro atoms. The number of anilines is 1. The van der Waals surface area contributed by atoms with Crippen molar-refractivity contribution in [2.75, 3.05) is 11.9 Å². The molecule has 9 heteroatoms. The van der Waals surface area contributed by atoms with Gasteiger partial charge in [-0.05, 0) is 44.0 Å². The van der Waals surface area contributed by atoms with E-state index >= 15 is 0 Å². The molecule has 1 atom stereocenters. The highest BCUT2D eigenvalue weighted by atomic mass is 32.2. The van der Waals surface area contributed by atoms with Crippen LogP contribution in [-0.4, -0.2) is 35.3 Å².